The Labute approximate surface area is 185 Å². The van der Waals surface area contributed by atoms with Crippen LogP contribution in [0.15, 0.2) is 49.1 Å². The molecule has 0 saturated carbocycles. The molecule has 1 aromatic carbocycles. The lowest BCUT2D eigenvalue weighted by Gasteiger charge is -2.22. The van der Waals surface area contributed by atoms with Crippen LogP contribution in [0.1, 0.15) is 102 Å². The van der Waals surface area contributed by atoms with Gasteiger partial charge in [-0.25, -0.2) is 0 Å². The fraction of sp³-hybridized carbons (Fsp3) is 0.607. The lowest BCUT2D eigenvalue weighted by Crippen LogP contribution is -2.11. The number of carboxylic acids is 1. The summed E-state index contributed by atoms with van der Waals surface area (Å²) in [6, 6.07) is 10.6. The molecule has 0 heterocycles. The minimum atomic E-state index is -0.676. The third-order valence-corrected chi connectivity index (χ3v) is 6.01. The number of hydrogen-bond acceptors (Lipinski definition) is 1. The number of rotatable bonds is 19. The van der Waals surface area contributed by atoms with Crippen molar-refractivity contribution >= 4 is 12.0 Å². The van der Waals surface area contributed by atoms with Crippen molar-refractivity contribution < 1.29 is 9.90 Å². The fourth-order valence-corrected chi connectivity index (χ4v) is 4.11. The number of carboxylic acid groups (broad SMARTS) is 1. The smallest absolute Gasteiger partial charge is 0.303 e. The highest BCUT2D eigenvalue weighted by Crippen LogP contribution is 2.28. The van der Waals surface area contributed by atoms with Gasteiger partial charge < -0.3 is 5.11 Å². The monoisotopic (exact) mass is 412 g/mol. The molecule has 0 fully saturated rings. The Bertz CT molecular complexity index is 576. The van der Waals surface area contributed by atoms with Crippen molar-refractivity contribution in [3.05, 3.63) is 54.6 Å². The molecule has 2 heteroatoms. The third kappa shape index (κ3) is 13.4. The summed E-state index contributed by atoms with van der Waals surface area (Å²) in [5.74, 6) is 0.407. The zero-order valence-electron chi connectivity index (χ0n) is 19.2. The molecule has 2 nitrogen and oxygen atoms in total. The van der Waals surface area contributed by atoms with Crippen molar-refractivity contribution in [2.24, 2.45) is 11.8 Å². The molecule has 0 spiro atoms. The van der Waals surface area contributed by atoms with E-state index in [9.17, 15) is 4.79 Å². The number of hydrogen-bond donors (Lipinski definition) is 1. The quantitative estimate of drug-likeness (QED) is 0.182. The molecule has 168 valence electrons. The average molecular weight is 413 g/mol. The Morgan fingerprint density at radius 3 is 2.03 bits per heavy atom. The van der Waals surface area contributed by atoms with Gasteiger partial charge in [-0.15, -0.1) is 6.58 Å². The first-order valence-electron chi connectivity index (χ1n) is 12.2. The lowest BCUT2D eigenvalue weighted by atomic mass is 9.83. The SMILES string of the molecule is C=CC(CCCCCCCC(=O)O)C(/C=C/c1ccccc1)CCCCCCCC. The molecule has 0 amide bonds. The van der Waals surface area contributed by atoms with Crippen LogP contribution >= 0.6 is 0 Å². The number of allylic oxidation sites excluding steroid dienone is 2. The number of carbonyl (C=O) groups is 1. The second kappa shape index (κ2) is 18.0. The van der Waals surface area contributed by atoms with Crippen LogP contribution in [0.4, 0.5) is 0 Å². The van der Waals surface area contributed by atoms with Crippen molar-refractivity contribution in [2.75, 3.05) is 0 Å². The third-order valence-electron chi connectivity index (χ3n) is 6.01. The van der Waals surface area contributed by atoms with Crippen LogP contribution in [-0.4, -0.2) is 11.1 Å². The lowest BCUT2D eigenvalue weighted by molar-refractivity contribution is -0.137. The first-order valence-corrected chi connectivity index (χ1v) is 12.2. The van der Waals surface area contributed by atoms with E-state index in [1.165, 1.54) is 69.8 Å². The minimum absolute atomic E-state index is 0.305. The van der Waals surface area contributed by atoms with Crippen LogP contribution in [0.25, 0.3) is 6.08 Å². The summed E-state index contributed by atoms with van der Waals surface area (Å²) in [5, 5.41) is 8.73. The predicted octanol–water partition coefficient (Wildman–Crippen LogP) is 8.68. The van der Waals surface area contributed by atoms with Gasteiger partial charge in [-0.05, 0) is 36.7 Å². The molecule has 0 saturated heterocycles. The highest BCUT2D eigenvalue weighted by Gasteiger charge is 2.15. The highest BCUT2D eigenvalue weighted by molar-refractivity contribution is 5.66. The average Bonchev–Trinajstić information content (AvgIpc) is 2.75. The normalized spacial score (nSPS) is 13.4. The van der Waals surface area contributed by atoms with Crippen molar-refractivity contribution in [3.63, 3.8) is 0 Å². The van der Waals surface area contributed by atoms with Gasteiger partial charge in [0.1, 0.15) is 0 Å². The Morgan fingerprint density at radius 1 is 0.867 bits per heavy atom. The number of aliphatic carboxylic acids is 1. The van der Waals surface area contributed by atoms with E-state index in [0.717, 1.165) is 19.3 Å². The zero-order valence-corrected chi connectivity index (χ0v) is 19.2. The summed E-state index contributed by atoms with van der Waals surface area (Å²) in [6.07, 6.45) is 23.0. The predicted molar refractivity (Wildman–Crippen MR) is 131 cm³/mol. The summed E-state index contributed by atoms with van der Waals surface area (Å²) in [5.41, 5.74) is 1.27. The van der Waals surface area contributed by atoms with E-state index in [1.807, 2.05) is 0 Å². The molecule has 1 rings (SSSR count). The summed E-state index contributed by atoms with van der Waals surface area (Å²) >= 11 is 0. The Morgan fingerprint density at radius 2 is 1.43 bits per heavy atom. The van der Waals surface area contributed by atoms with E-state index < -0.39 is 5.97 Å². The minimum Gasteiger partial charge on any atom is -0.481 e. The maximum Gasteiger partial charge on any atom is 0.303 e. The standard InChI is InChI=1S/C28H44O2/c1-3-5-6-7-9-16-21-27(24-23-25-18-13-12-14-19-25)26(4-2)20-15-10-8-11-17-22-28(29)30/h4,12-14,18-19,23-24,26-27H,2-3,5-11,15-17,20-22H2,1H3,(H,29,30)/b24-23+. The molecule has 30 heavy (non-hydrogen) atoms. The maximum absolute atomic E-state index is 10.6. The van der Waals surface area contributed by atoms with E-state index in [2.05, 4.69) is 62.1 Å². The largest absolute Gasteiger partial charge is 0.481 e. The first kappa shape index (κ1) is 26.2. The van der Waals surface area contributed by atoms with Gasteiger partial charge in [0, 0.05) is 6.42 Å². The second-order valence-corrected chi connectivity index (χ2v) is 8.59. The van der Waals surface area contributed by atoms with Gasteiger partial charge in [-0.3, -0.25) is 4.79 Å². The van der Waals surface area contributed by atoms with Gasteiger partial charge in [-0.2, -0.15) is 0 Å². The fourth-order valence-electron chi connectivity index (χ4n) is 4.11. The van der Waals surface area contributed by atoms with Crippen LogP contribution in [0.5, 0.6) is 0 Å². The molecular weight excluding hydrogens is 368 g/mol. The summed E-state index contributed by atoms with van der Waals surface area (Å²) in [7, 11) is 0. The summed E-state index contributed by atoms with van der Waals surface area (Å²) < 4.78 is 0. The molecule has 0 aromatic heterocycles. The molecule has 2 atom stereocenters. The molecule has 1 N–H and O–H groups in total. The molecule has 0 aliphatic carbocycles. The van der Waals surface area contributed by atoms with Crippen LogP contribution in [0, 0.1) is 11.8 Å². The summed E-state index contributed by atoms with van der Waals surface area (Å²) in [6.45, 7) is 6.42. The first-order chi connectivity index (χ1) is 14.7. The van der Waals surface area contributed by atoms with Crippen molar-refractivity contribution in [2.45, 2.75) is 96.8 Å². The molecule has 0 aliphatic rings. The zero-order chi connectivity index (χ0) is 21.9. The van der Waals surface area contributed by atoms with E-state index in [0.29, 0.717) is 18.3 Å². The van der Waals surface area contributed by atoms with E-state index in [4.69, 9.17) is 5.11 Å². The number of benzene rings is 1. The van der Waals surface area contributed by atoms with Gasteiger partial charge >= 0.3 is 5.97 Å². The molecular formula is C28H44O2. The summed E-state index contributed by atoms with van der Waals surface area (Å²) in [4.78, 5) is 10.6. The molecule has 0 aliphatic heterocycles. The van der Waals surface area contributed by atoms with Crippen LogP contribution in [0.3, 0.4) is 0 Å². The van der Waals surface area contributed by atoms with E-state index in [-0.39, 0.29) is 0 Å². The molecule has 2 unspecified atom stereocenters. The Hall–Kier alpha value is -1.83. The Kier molecular flexibility index (Phi) is 15.7. The van der Waals surface area contributed by atoms with Gasteiger partial charge in [-0.1, -0.05) is 120 Å². The van der Waals surface area contributed by atoms with Gasteiger partial charge in [0.2, 0.25) is 0 Å². The molecule has 0 bridgehead atoms. The van der Waals surface area contributed by atoms with Gasteiger partial charge in [0.15, 0.2) is 0 Å². The van der Waals surface area contributed by atoms with Crippen LogP contribution in [0.2, 0.25) is 0 Å². The van der Waals surface area contributed by atoms with Crippen LogP contribution < -0.4 is 0 Å². The van der Waals surface area contributed by atoms with E-state index in [1.54, 1.807) is 0 Å². The van der Waals surface area contributed by atoms with Crippen LogP contribution in [-0.2, 0) is 4.79 Å². The van der Waals surface area contributed by atoms with Gasteiger partial charge in [0.25, 0.3) is 0 Å². The Balaban J connectivity index is 2.48. The van der Waals surface area contributed by atoms with Crippen molar-refractivity contribution in [1.29, 1.82) is 0 Å². The number of unbranched alkanes of at least 4 members (excludes halogenated alkanes) is 9. The van der Waals surface area contributed by atoms with Crippen molar-refractivity contribution in [1.82, 2.24) is 0 Å². The topological polar surface area (TPSA) is 37.3 Å². The molecule has 0 radical (unpaired) electrons. The van der Waals surface area contributed by atoms with Crippen molar-refractivity contribution in [3.8, 4) is 0 Å². The maximum atomic E-state index is 10.6. The van der Waals surface area contributed by atoms with Gasteiger partial charge in [0.05, 0.1) is 0 Å². The van der Waals surface area contributed by atoms with E-state index >= 15 is 0 Å². The highest BCUT2D eigenvalue weighted by atomic mass is 16.4. The molecule has 1 aromatic rings. The second-order valence-electron chi connectivity index (χ2n) is 8.59.